The van der Waals surface area contributed by atoms with E-state index in [1.165, 1.54) is 0 Å². The quantitative estimate of drug-likeness (QED) is 0.486. The second kappa shape index (κ2) is 9.12. The van der Waals surface area contributed by atoms with Crippen LogP contribution in [0.3, 0.4) is 0 Å². The van der Waals surface area contributed by atoms with Gasteiger partial charge in [0.05, 0.1) is 13.7 Å². The average molecular weight is 429 g/mol. The van der Waals surface area contributed by atoms with Crippen molar-refractivity contribution >= 4 is 23.5 Å². The van der Waals surface area contributed by atoms with Gasteiger partial charge in [-0.05, 0) is 42.7 Å². The van der Waals surface area contributed by atoms with Crippen molar-refractivity contribution in [2.24, 2.45) is 0 Å². The summed E-state index contributed by atoms with van der Waals surface area (Å²) in [5, 5.41) is 8.78. The summed E-state index contributed by atoms with van der Waals surface area (Å²) in [6.07, 6.45) is 4.32. The van der Waals surface area contributed by atoms with Crippen molar-refractivity contribution in [2.45, 2.75) is 57.1 Å². The third-order valence-electron chi connectivity index (χ3n) is 5.38. The molecule has 8 heteroatoms. The zero-order valence-electron chi connectivity index (χ0n) is 17.7. The lowest BCUT2D eigenvalue weighted by Gasteiger charge is -2.32. The summed E-state index contributed by atoms with van der Waals surface area (Å²) < 4.78 is 13.3. The van der Waals surface area contributed by atoms with E-state index in [9.17, 15) is 4.79 Å². The minimum absolute atomic E-state index is 0.168. The number of nitrogens with one attached hydrogen (secondary N) is 1. The molecule has 1 aliphatic carbocycles. The molecule has 7 nitrogen and oxygen atoms in total. The van der Waals surface area contributed by atoms with E-state index in [1.54, 1.807) is 18.9 Å². The molecular formula is C22H28N4O3S. The molecule has 30 heavy (non-hydrogen) atoms. The van der Waals surface area contributed by atoms with Crippen LogP contribution < -0.4 is 14.8 Å². The van der Waals surface area contributed by atoms with Crippen molar-refractivity contribution in [3.05, 3.63) is 35.0 Å². The lowest BCUT2D eigenvalue weighted by Crippen LogP contribution is -2.31. The van der Waals surface area contributed by atoms with Crippen LogP contribution in [0.2, 0.25) is 0 Å². The van der Waals surface area contributed by atoms with Gasteiger partial charge in [0.1, 0.15) is 6.04 Å². The highest BCUT2D eigenvalue weighted by atomic mass is 32.2. The lowest BCUT2D eigenvalue weighted by atomic mass is 9.85. The third kappa shape index (κ3) is 3.93. The summed E-state index contributed by atoms with van der Waals surface area (Å²) in [4.78, 5) is 17.6. The summed E-state index contributed by atoms with van der Waals surface area (Å²) in [5.41, 5.74) is 2.69. The molecule has 1 aromatic heterocycles. The lowest BCUT2D eigenvalue weighted by molar-refractivity contribution is -0.116. The number of hydrogen-bond acceptors (Lipinski definition) is 7. The number of hydrogen-bond donors (Lipinski definition) is 1. The van der Waals surface area contributed by atoms with Crippen LogP contribution in [0.1, 0.15) is 57.6 Å². The first-order chi connectivity index (χ1) is 14.7. The number of ether oxygens (including phenoxy) is 2. The van der Waals surface area contributed by atoms with Gasteiger partial charge < -0.3 is 14.8 Å². The number of Topliss-reactive ketones (excluding diaryl/α,β-unsaturated/α-hetero) is 1. The number of allylic oxidation sites excluding steroid dienone is 2. The number of nitrogens with zero attached hydrogens (tertiary/aromatic N) is 3. The van der Waals surface area contributed by atoms with E-state index in [1.807, 2.05) is 22.9 Å². The van der Waals surface area contributed by atoms with E-state index in [-0.39, 0.29) is 11.8 Å². The van der Waals surface area contributed by atoms with Crippen LogP contribution >= 0.6 is 11.8 Å². The number of rotatable bonds is 8. The first-order valence-corrected chi connectivity index (χ1v) is 11.6. The van der Waals surface area contributed by atoms with Crippen LogP contribution in [0.25, 0.3) is 0 Å². The van der Waals surface area contributed by atoms with Crippen molar-refractivity contribution in [1.29, 1.82) is 0 Å². The number of thioether (sulfide) groups is 1. The van der Waals surface area contributed by atoms with E-state index in [4.69, 9.17) is 14.6 Å². The maximum atomic E-state index is 12.9. The van der Waals surface area contributed by atoms with E-state index in [0.717, 1.165) is 48.3 Å². The molecule has 2 heterocycles. The first kappa shape index (κ1) is 20.8. The maximum Gasteiger partial charge on any atom is 0.227 e. The average Bonchev–Trinajstić information content (AvgIpc) is 3.15. The van der Waals surface area contributed by atoms with E-state index in [2.05, 4.69) is 24.1 Å². The highest BCUT2D eigenvalue weighted by Crippen LogP contribution is 2.42. The van der Waals surface area contributed by atoms with Crippen LogP contribution in [-0.2, 0) is 4.79 Å². The number of methoxy groups -OCH3 is 1. The molecule has 1 aromatic carbocycles. The zero-order valence-corrected chi connectivity index (χ0v) is 18.6. The molecule has 0 saturated heterocycles. The fraction of sp³-hybridized carbons (Fsp3) is 0.500. The van der Waals surface area contributed by atoms with Gasteiger partial charge in [0.15, 0.2) is 17.3 Å². The van der Waals surface area contributed by atoms with Gasteiger partial charge in [0.25, 0.3) is 0 Å². The second-order valence-corrected chi connectivity index (χ2v) is 8.64. The highest BCUT2D eigenvalue weighted by Gasteiger charge is 2.37. The maximum absolute atomic E-state index is 12.9. The van der Waals surface area contributed by atoms with Crippen molar-refractivity contribution in [3.63, 3.8) is 0 Å². The molecule has 1 N–H and O–H groups in total. The molecule has 1 unspecified atom stereocenters. The number of fused-ring (bicyclic) bond motifs is 1. The monoisotopic (exact) mass is 428 g/mol. The Kier molecular flexibility index (Phi) is 6.32. The van der Waals surface area contributed by atoms with Crippen molar-refractivity contribution in [3.8, 4) is 11.5 Å². The molecule has 1 aliphatic heterocycles. The Bertz CT molecular complexity index is 969. The number of unbranched alkanes of at least 4 members (excludes halogenated alkanes) is 1. The molecule has 2 aromatic rings. The number of aromatic nitrogens is 3. The summed E-state index contributed by atoms with van der Waals surface area (Å²) in [7, 11) is 1.64. The molecule has 0 bridgehead atoms. The molecule has 4 rings (SSSR count). The Hall–Kier alpha value is -2.48. The smallest absolute Gasteiger partial charge is 0.227 e. The largest absolute Gasteiger partial charge is 0.493 e. The van der Waals surface area contributed by atoms with E-state index < -0.39 is 0 Å². The number of ketones is 1. The topological polar surface area (TPSA) is 78.3 Å². The molecule has 0 radical (unpaired) electrons. The molecule has 0 spiro atoms. The van der Waals surface area contributed by atoms with Gasteiger partial charge in [-0.15, -0.1) is 5.10 Å². The Morgan fingerprint density at radius 2 is 2.13 bits per heavy atom. The number of carbonyl (C=O) groups excluding carboxylic acids is 1. The highest BCUT2D eigenvalue weighted by molar-refractivity contribution is 7.99. The molecule has 0 amide bonds. The standard InChI is InChI=1S/C22H28N4O3S/c1-4-6-12-29-17-11-10-14(13-18(17)28-3)20-19-15(8-7-9-16(19)27)23-21-24-22(30-5-2)25-26(20)21/h10-11,13,20H,4-9,12H2,1-3H3,(H,23,24,25). The van der Waals surface area contributed by atoms with Gasteiger partial charge >= 0.3 is 0 Å². The van der Waals surface area contributed by atoms with E-state index >= 15 is 0 Å². The first-order valence-electron chi connectivity index (χ1n) is 10.6. The predicted molar refractivity (Wildman–Crippen MR) is 117 cm³/mol. The molecule has 0 fully saturated rings. The molecule has 1 atom stereocenters. The van der Waals surface area contributed by atoms with Gasteiger partial charge in [-0.25, -0.2) is 4.68 Å². The summed E-state index contributed by atoms with van der Waals surface area (Å²) in [5.74, 6) is 3.12. The van der Waals surface area contributed by atoms with Gasteiger partial charge in [-0.1, -0.05) is 38.1 Å². The van der Waals surface area contributed by atoms with Gasteiger partial charge in [0.2, 0.25) is 11.1 Å². The molecule has 160 valence electrons. The Labute approximate surface area is 181 Å². The normalized spacial score (nSPS) is 18.0. The van der Waals surface area contributed by atoms with E-state index in [0.29, 0.717) is 35.6 Å². The summed E-state index contributed by atoms with van der Waals surface area (Å²) in [6.45, 7) is 4.86. The Morgan fingerprint density at radius 1 is 1.27 bits per heavy atom. The number of benzene rings is 1. The van der Waals surface area contributed by atoms with Crippen LogP contribution in [0, 0.1) is 0 Å². The number of carbonyl (C=O) groups is 1. The number of anilines is 1. The van der Waals surface area contributed by atoms with Crippen LogP contribution in [0.5, 0.6) is 11.5 Å². The zero-order chi connectivity index (χ0) is 21.1. The van der Waals surface area contributed by atoms with Crippen LogP contribution in [-0.4, -0.2) is 40.0 Å². The van der Waals surface area contributed by atoms with Crippen LogP contribution in [0.4, 0.5) is 5.95 Å². The molecular weight excluding hydrogens is 400 g/mol. The fourth-order valence-electron chi connectivity index (χ4n) is 3.93. The molecule has 2 aliphatic rings. The van der Waals surface area contributed by atoms with Gasteiger partial charge in [-0.3, -0.25) is 4.79 Å². The van der Waals surface area contributed by atoms with Crippen molar-refractivity contribution in [1.82, 2.24) is 14.8 Å². The Balaban J connectivity index is 1.77. The predicted octanol–water partition coefficient (Wildman–Crippen LogP) is 4.60. The summed E-state index contributed by atoms with van der Waals surface area (Å²) >= 11 is 1.59. The SMILES string of the molecule is CCCCOc1ccc(C2C3=C(CCCC3=O)Nc3nc(SCC)nn32)cc1OC. The third-order valence-corrected chi connectivity index (χ3v) is 6.10. The van der Waals surface area contributed by atoms with Crippen molar-refractivity contribution in [2.75, 3.05) is 24.8 Å². The second-order valence-electron chi connectivity index (χ2n) is 7.40. The van der Waals surface area contributed by atoms with Gasteiger partial charge in [-0.2, -0.15) is 4.98 Å². The summed E-state index contributed by atoms with van der Waals surface area (Å²) in [6, 6.07) is 5.57. The van der Waals surface area contributed by atoms with Crippen LogP contribution in [0.15, 0.2) is 34.6 Å². The fourth-order valence-corrected chi connectivity index (χ4v) is 4.49. The Morgan fingerprint density at radius 3 is 2.90 bits per heavy atom. The van der Waals surface area contributed by atoms with Crippen molar-refractivity contribution < 1.29 is 14.3 Å². The minimum atomic E-state index is -0.318. The van der Waals surface area contributed by atoms with Gasteiger partial charge in [0, 0.05) is 17.7 Å². The molecule has 0 saturated carbocycles. The minimum Gasteiger partial charge on any atom is -0.493 e.